The maximum absolute atomic E-state index is 12.7. The Hall–Kier alpha value is -1.11. The molecule has 0 radical (unpaired) electrons. The first-order valence-electron chi connectivity index (χ1n) is 7.60. The van der Waals surface area contributed by atoms with E-state index in [1.54, 1.807) is 11.4 Å². The van der Waals surface area contributed by atoms with Crippen LogP contribution in [0.25, 0.3) is 0 Å². The predicted octanol–water partition coefficient (Wildman–Crippen LogP) is 1.62. The number of nitrogens with zero attached hydrogens (tertiary/aromatic N) is 2. The fourth-order valence-corrected chi connectivity index (χ4v) is 4.11. The van der Waals surface area contributed by atoms with Gasteiger partial charge in [-0.3, -0.25) is 4.31 Å². The molecule has 21 heavy (non-hydrogen) atoms. The summed E-state index contributed by atoms with van der Waals surface area (Å²) in [5.74, 6) is 0. The number of aryl methyl sites for hydroxylation is 1. The second-order valence-corrected chi connectivity index (χ2v) is 7.30. The van der Waals surface area contributed by atoms with Crippen LogP contribution in [-0.2, 0) is 16.6 Å². The van der Waals surface area contributed by atoms with Gasteiger partial charge in [0.1, 0.15) is 0 Å². The van der Waals surface area contributed by atoms with E-state index in [0.717, 1.165) is 43.6 Å². The number of hydrogen-bond donors (Lipinski definition) is 1. The van der Waals surface area contributed by atoms with Gasteiger partial charge in [-0.1, -0.05) is 25.1 Å². The molecule has 0 saturated heterocycles. The molecule has 5 nitrogen and oxygen atoms in total. The number of anilines is 1. The van der Waals surface area contributed by atoms with E-state index < -0.39 is 10.2 Å². The molecule has 118 valence electrons. The Morgan fingerprint density at radius 3 is 2.86 bits per heavy atom. The largest absolute Gasteiger partial charge is 0.317 e. The molecule has 1 aliphatic heterocycles. The van der Waals surface area contributed by atoms with Crippen molar-refractivity contribution in [2.75, 3.05) is 37.5 Å². The van der Waals surface area contributed by atoms with E-state index in [1.165, 1.54) is 4.31 Å². The molecule has 0 unspecified atom stereocenters. The van der Waals surface area contributed by atoms with Crippen molar-refractivity contribution in [2.45, 2.75) is 26.2 Å². The van der Waals surface area contributed by atoms with Gasteiger partial charge in [-0.25, -0.2) is 0 Å². The molecule has 0 saturated carbocycles. The van der Waals surface area contributed by atoms with Crippen molar-refractivity contribution in [3.05, 3.63) is 29.8 Å². The Balaban J connectivity index is 2.09. The van der Waals surface area contributed by atoms with Crippen molar-refractivity contribution < 1.29 is 8.42 Å². The molecule has 1 N–H and O–H groups in total. The zero-order valence-electron chi connectivity index (χ0n) is 12.9. The lowest BCUT2D eigenvalue weighted by Crippen LogP contribution is -2.45. The molecule has 0 bridgehead atoms. The Bertz CT molecular complexity index is 560. The van der Waals surface area contributed by atoms with Crippen molar-refractivity contribution in [1.82, 2.24) is 9.62 Å². The first-order valence-corrected chi connectivity index (χ1v) is 8.99. The van der Waals surface area contributed by atoms with Gasteiger partial charge in [0.15, 0.2) is 0 Å². The number of benzene rings is 1. The highest BCUT2D eigenvalue weighted by atomic mass is 32.2. The molecule has 1 aromatic carbocycles. The van der Waals surface area contributed by atoms with Crippen LogP contribution < -0.4 is 9.62 Å². The molecule has 1 aliphatic rings. The smallest absolute Gasteiger partial charge is 0.303 e. The molecular formula is C15H25N3O2S. The summed E-state index contributed by atoms with van der Waals surface area (Å²) in [4.78, 5) is 0. The fourth-order valence-electron chi connectivity index (χ4n) is 2.63. The number of para-hydroxylation sites is 1. The molecule has 0 fully saturated rings. The van der Waals surface area contributed by atoms with Crippen LogP contribution in [0.2, 0.25) is 0 Å². The number of nitrogens with one attached hydrogen (secondary N) is 1. The van der Waals surface area contributed by atoms with E-state index in [-0.39, 0.29) is 0 Å². The summed E-state index contributed by atoms with van der Waals surface area (Å²) in [7, 11) is -1.76. The zero-order chi connectivity index (χ0) is 15.3. The Labute approximate surface area is 128 Å². The molecule has 0 aromatic heterocycles. The monoisotopic (exact) mass is 311 g/mol. The normalized spacial score (nSPS) is 15.3. The minimum atomic E-state index is -3.42. The predicted molar refractivity (Wildman–Crippen MR) is 86.8 cm³/mol. The average molecular weight is 311 g/mol. The lowest BCUT2D eigenvalue weighted by Gasteiger charge is -2.33. The van der Waals surface area contributed by atoms with Crippen LogP contribution in [0.5, 0.6) is 0 Å². The van der Waals surface area contributed by atoms with E-state index in [4.69, 9.17) is 0 Å². The highest BCUT2D eigenvalue weighted by Crippen LogP contribution is 2.29. The van der Waals surface area contributed by atoms with Crippen LogP contribution in [0.15, 0.2) is 24.3 Å². The standard InChI is InChI=1S/C15H25N3O2S/c1-3-16-11-7-12-17(2)21(19,20)18-13-6-9-14-8-4-5-10-15(14)18/h4-5,8,10,16H,3,6-7,9,11-13H2,1-2H3. The highest BCUT2D eigenvalue weighted by molar-refractivity contribution is 7.90. The first-order chi connectivity index (χ1) is 10.1. The molecule has 0 spiro atoms. The summed E-state index contributed by atoms with van der Waals surface area (Å²) < 4.78 is 28.5. The summed E-state index contributed by atoms with van der Waals surface area (Å²) in [6.07, 6.45) is 2.65. The van der Waals surface area contributed by atoms with Gasteiger partial charge in [-0.05, 0) is 44.0 Å². The molecule has 0 aliphatic carbocycles. The van der Waals surface area contributed by atoms with Gasteiger partial charge in [0, 0.05) is 20.1 Å². The zero-order valence-corrected chi connectivity index (χ0v) is 13.7. The van der Waals surface area contributed by atoms with Crippen LogP contribution in [0, 0.1) is 0 Å². The molecule has 2 rings (SSSR count). The molecule has 0 atom stereocenters. The van der Waals surface area contributed by atoms with E-state index >= 15 is 0 Å². The van der Waals surface area contributed by atoms with Crippen LogP contribution in [0.1, 0.15) is 25.3 Å². The maximum Gasteiger partial charge on any atom is 0.303 e. The lowest BCUT2D eigenvalue weighted by molar-refractivity contribution is 0.451. The quantitative estimate of drug-likeness (QED) is 0.779. The number of rotatable bonds is 7. The molecule has 1 heterocycles. The van der Waals surface area contributed by atoms with E-state index in [9.17, 15) is 8.42 Å². The van der Waals surface area contributed by atoms with E-state index in [1.807, 2.05) is 31.2 Å². The fraction of sp³-hybridized carbons (Fsp3) is 0.600. The van der Waals surface area contributed by atoms with Gasteiger partial charge in [0.05, 0.1) is 5.69 Å². The third kappa shape index (κ3) is 3.75. The number of hydrogen-bond acceptors (Lipinski definition) is 3. The summed E-state index contributed by atoms with van der Waals surface area (Å²) in [6, 6.07) is 7.79. The second-order valence-electron chi connectivity index (χ2n) is 5.34. The Morgan fingerprint density at radius 1 is 1.33 bits per heavy atom. The average Bonchev–Trinajstić information content (AvgIpc) is 2.50. The van der Waals surface area contributed by atoms with Gasteiger partial charge in [-0.15, -0.1) is 0 Å². The summed E-state index contributed by atoms with van der Waals surface area (Å²) in [5.41, 5.74) is 1.95. The molecule has 6 heteroatoms. The topological polar surface area (TPSA) is 52.7 Å². The van der Waals surface area contributed by atoms with E-state index in [2.05, 4.69) is 5.32 Å². The molecule has 0 amide bonds. The third-order valence-electron chi connectivity index (χ3n) is 3.82. The first kappa shape index (κ1) is 16.3. The second kappa shape index (κ2) is 7.24. The third-order valence-corrected chi connectivity index (χ3v) is 5.72. The van der Waals surface area contributed by atoms with Crippen molar-refractivity contribution in [1.29, 1.82) is 0 Å². The highest BCUT2D eigenvalue weighted by Gasteiger charge is 2.30. The van der Waals surface area contributed by atoms with Gasteiger partial charge >= 0.3 is 10.2 Å². The Morgan fingerprint density at radius 2 is 2.10 bits per heavy atom. The van der Waals surface area contributed by atoms with Gasteiger partial charge in [-0.2, -0.15) is 12.7 Å². The van der Waals surface area contributed by atoms with Crippen molar-refractivity contribution in [3.63, 3.8) is 0 Å². The summed E-state index contributed by atoms with van der Waals surface area (Å²) in [5, 5.41) is 3.22. The Kier molecular flexibility index (Phi) is 5.61. The van der Waals surface area contributed by atoms with Gasteiger partial charge in [0.25, 0.3) is 0 Å². The summed E-state index contributed by atoms with van der Waals surface area (Å²) in [6.45, 7) is 4.90. The molecule has 1 aromatic rings. The number of fused-ring (bicyclic) bond motifs is 1. The van der Waals surface area contributed by atoms with Gasteiger partial charge < -0.3 is 5.32 Å². The maximum atomic E-state index is 12.7. The van der Waals surface area contributed by atoms with Crippen LogP contribution in [-0.4, -0.2) is 45.9 Å². The van der Waals surface area contributed by atoms with Crippen LogP contribution in [0.3, 0.4) is 0 Å². The van der Waals surface area contributed by atoms with Crippen LogP contribution >= 0.6 is 0 Å². The summed E-state index contributed by atoms with van der Waals surface area (Å²) >= 11 is 0. The van der Waals surface area contributed by atoms with Crippen molar-refractivity contribution in [3.8, 4) is 0 Å². The van der Waals surface area contributed by atoms with Gasteiger partial charge in [0.2, 0.25) is 0 Å². The lowest BCUT2D eigenvalue weighted by atomic mass is 10.0. The van der Waals surface area contributed by atoms with Crippen molar-refractivity contribution in [2.24, 2.45) is 0 Å². The van der Waals surface area contributed by atoms with E-state index in [0.29, 0.717) is 13.1 Å². The minimum Gasteiger partial charge on any atom is -0.317 e. The van der Waals surface area contributed by atoms with Crippen molar-refractivity contribution >= 4 is 15.9 Å². The molecular weight excluding hydrogens is 286 g/mol. The van der Waals surface area contributed by atoms with Crippen LogP contribution in [0.4, 0.5) is 5.69 Å². The minimum absolute atomic E-state index is 0.536. The SMILES string of the molecule is CCNCCCN(C)S(=O)(=O)N1CCCc2ccccc21.